The summed E-state index contributed by atoms with van der Waals surface area (Å²) in [5.74, 6) is -20.4. The van der Waals surface area contributed by atoms with E-state index in [-0.39, 0.29) is 0 Å². The van der Waals surface area contributed by atoms with E-state index in [1.54, 1.807) is 0 Å². The zero-order valence-corrected chi connectivity index (χ0v) is 12.7. The van der Waals surface area contributed by atoms with E-state index in [2.05, 4.69) is 9.47 Å². The van der Waals surface area contributed by atoms with Crippen molar-refractivity contribution >= 4 is 5.97 Å². The van der Waals surface area contributed by atoms with Gasteiger partial charge in [-0.05, 0) is 20.8 Å². The van der Waals surface area contributed by atoms with Gasteiger partial charge in [-0.25, -0.2) is 4.79 Å². The number of rotatable bonds is 7. The third kappa shape index (κ3) is 5.42. The fraction of sp³-hybridized carbons (Fsp3) is 0.917. The van der Waals surface area contributed by atoms with Crippen molar-refractivity contribution < 1.29 is 53.8 Å². The van der Waals surface area contributed by atoms with Gasteiger partial charge in [-0.3, -0.25) is 0 Å². The molecule has 0 radical (unpaired) electrons. The maximum atomic E-state index is 13.1. The Bertz CT molecular complexity index is 438. The summed E-state index contributed by atoms with van der Waals surface area (Å²) in [5.41, 5.74) is -0.952. The van der Waals surface area contributed by atoms with Crippen molar-refractivity contribution in [3.05, 3.63) is 0 Å². The normalized spacial score (nSPS) is 14.7. The van der Waals surface area contributed by atoms with Gasteiger partial charge in [0.15, 0.2) is 0 Å². The zero-order valence-electron chi connectivity index (χ0n) is 12.7. The van der Waals surface area contributed by atoms with Crippen LogP contribution in [0.4, 0.5) is 39.5 Å². The molecule has 144 valence electrons. The third-order valence-electron chi connectivity index (χ3n) is 2.41. The highest BCUT2D eigenvalue weighted by Gasteiger charge is 2.81. The van der Waals surface area contributed by atoms with Crippen molar-refractivity contribution in [2.45, 2.75) is 56.7 Å². The van der Waals surface area contributed by atoms with Crippen molar-refractivity contribution in [1.29, 1.82) is 0 Å². The van der Waals surface area contributed by atoms with Crippen LogP contribution in [0.5, 0.6) is 0 Å². The Morgan fingerprint density at radius 2 is 1.29 bits per heavy atom. The second-order valence-electron chi connectivity index (χ2n) is 5.74. The van der Waals surface area contributed by atoms with Crippen LogP contribution in [0.15, 0.2) is 0 Å². The fourth-order valence-electron chi connectivity index (χ4n) is 1.29. The molecule has 0 amide bonds. The van der Waals surface area contributed by atoms with E-state index in [9.17, 15) is 44.3 Å². The van der Waals surface area contributed by atoms with Crippen molar-refractivity contribution in [3.63, 3.8) is 0 Å². The zero-order chi connectivity index (χ0) is 19.6. The van der Waals surface area contributed by atoms with Crippen molar-refractivity contribution in [1.82, 2.24) is 0 Å². The van der Waals surface area contributed by atoms with Gasteiger partial charge in [0, 0.05) is 6.42 Å². The molecule has 0 aromatic rings. The lowest BCUT2D eigenvalue weighted by Gasteiger charge is -2.33. The van der Waals surface area contributed by atoms with Crippen LogP contribution in [-0.4, -0.2) is 48.7 Å². The molecular formula is C12H15F9O3. The monoisotopic (exact) mass is 378 g/mol. The van der Waals surface area contributed by atoms with E-state index >= 15 is 0 Å². The SMILES string of the molecule is CC(C)(C)OC(=O)COCCC(F)(F)C(F)(F)C(F)(F)C(F)(F)F. The first-order chi connectivity index (χ1) is 10.4. The Labute approximate surface area is 131 Å². The Hall–Kier alpha value is -1.20. The first-order valence-electron chi connectivity index (χ1n) is 6.35. The standard InChI is InChI=1S/C12H15F9O3/c1-8(2,3)24-7(22)6-23-5-4-9(13,14)10(15,16)11(17,18)12(19,20)21/h4-6H2,1-3H3. The van der Waals surface area contributed by atoms with Crippen LogP contribution in [0.25, 0.3) is 0 Å². The summed E-state index contributed by atoms with van der Waals surface area (Å²) in [4.78, 5) is 11.1. The second kappa shape index (κ2) is 6.96. The van der Waals surface area contributed by atoms with Gasteiger partial charge in [-0.2, -0.15) is 39.5 Å². The molecule has 0 fully saturated rings. The Morgan fingerprint density at radius 1 is 0.833 bits per heavy atom. The average Bonchev–Trinajstić information content (AvgIpc) is 2.30. The first kappa shape index (κ1) is 22.8. The Kier molecular flexibility index (Phi) is 6.62. The van der Waals surface area contributed by atoms with Crippen LogP contribution in [0.3, 0.4) is 0 Å². The molecule has 0 N–H and O–H groups in total. The molecule has 0 unspecified atom stereocenters. The van der Waals surface area contributed by atoms with Gasteiger partial charge in [0.1, 0.15) is 12.2 Å². The molecule has 0 spiro atoms. The number of carbonyl (C=O) groups is 1. The number of alkyl halides is 9. The van der Waals surface area contributed by atoms with E-state index in [1.165, 1.54) is 20.8 Å². The molecule has 12 heteroatoms. The largest absolute Gasteiger partial charge is 0.460 e. The lowest BCUT2D eigenvalue weighted by Crippen LogP contribution is -2.61. The molecule has 0 bridgehead atoms. The highest BCUT2D eigenvalue weighted by atomic mass is 19.4. The number of halogens is 9. The van der Waals surface area contributed by atoms with Gasteiger partial charge in [0.25, 0.3) is 0 Å². The minimum atomic E-state index is -6.94. The fourth-order valence-corrected chi connectivity index (χ4v) is 1.29. The Morgan fingerprint density at radius 3 is 1.67 bits per heavy atom. The molecule has 0 saturated carbocycles. The van der Waals surface area contributed by atoms with E-state index in [0.29, 0.717) is 0 Å². The summed E-state index contributed by atoms with van der Waals surface area (Å²) >= 11 is 0. The van der Waals surface area contributed by atoms with Gasteiger partial charge < -0.3 is 9.47 Å². The van der Waals surface area contributed by atoms with Gasteiger partial charge in [-0.15, -0.1) is 0 Å². The summed E-state index contributed by atoms with van der Waals surface area (Å²) in [6.07, 6.45) is -9.02. The summed E-state index contributed by atoms with van der Waals surface area (Å²) in [7, 11) is 0. The van der Waals surface area contributed by atoms with E-state index in [0.717, 1.165) is 0 Å². The second-order valence-corrected chi connectivity index (χ2v) is 5.74. The number of hydrogen-bond donors (Lipinski definition) is 0. The van der Waals surface area contributed by atoms with E-state index in [4.69, 9.17) is 0 Å². The van der Waals surface area contributed by atoms with Crippen LogP contribution < -0.4 is 0 Å². The maximum absolute atomic E-state index is 13.1. The Balaban J connectivity index is 4.73. The molecule has 0 heterocycles. The van der Waals surface area contributed by atoms with Crippen molar-refractivity contribution in [2.24, 2.45) is 0 Å². The van der Waals surface area contributed by atoms with Crippen LogP contribution in [-0.2, 0) is 14.3 Å². The molecular weight excluding hydrogens is 363 g/mol. The lowest BCUT2D eigenvalue weighted by atomic mass is 10.0. The van der Waals surface area contributed by atoms with Gasteiger partial charge >= 0.3 is 29.9 Å². The number of ether oxygens (including phenoxy) is 2. The first-order valence-corrected chi connectivity index (χ1v) is 6.35. The van der Waals surface area contributed by atoms with Crippen LogP contribution >= 0.6 is 0 Å². The summed E-state index contributed by atoms with van der Waals surface area (Å²) in [6.45, 7) is 2.04. The van der Waals surface area contributed by atoms with Gasteiger partial charge in [-0.1, -0.05) is 0 Å². The quantitative estimate of drug-likeness (QED) is 0.378. The van der Waals surface area contributed by atoms with Crippen LogP contribution in [0, 0.1) is 0 Å². The van der Waals surface area contributed by atoms with Crippen molar-refractivity contribution in [3.8, 4) is 0 Å². The molecule has 0 aliphatic rings. The van der Waals surface area contributed by atoms with Gasteiger partial charge in [0.05, 0.1) is 6.61 Å². The summed E-state index contributed by atoms with van der Waals surface area (Å²) in [5, 5.41) is 0. The molecule has 0 aromatic heterocycles. The van der Waals surface area contributed by atoms with Crippen molar-refractivity contribution in [2.75, 3.05) is 13.2 Å². The molecule has 24 heavy (non-hydrogen) atoms. The summed E-state index contributed by atoms with van der Waals surface area (Å²) in [6, 6.07) is 0. The molecule has 0 atom stereocenters. The number of esters is 1. The van der Waals surface area contributed by atoms with Gasteiger partial charge in [0.2, 0.25) is 0 Å². The highest BCUT2D eigenvalue weighted by molar-refractivity contribution is 5.71. The maximum Gasteiger partial charge on any atom is 0.460 e. The molecule has 0 rings (SSSR count). The minimum Gasteiger partial charge on any atom is -0.458 e. The molecule has 0 saturated heterocycles. The van der Waals surface area contributed by atoms with E-state index in [1.807, 2.05) is 0 Å². The average molecular weight is 378 g/mol. The predicted octanol–water partition coefficient (Wildman–Crippen LogP) is 4.20. The molecule has 0 aliphatic carbocycles. The molecule has 3 nitrogen and oxygen atoms in total. The third-order valence-corrected chi connectivity index (χ3v) is 2.41. The van der Waals surface area contributed by atoms with Crippen LogP contribution in [0.1, 0.15) is 27.2 Å². The molecule has 0 aliphatic heterocycles. The minimum absolute atomic E-state index is 0.952. The van der Waals surface area contributed by atoms with E-state index < -0.39 is 55.1 Å². The smallest absolute Gasteiger partial charge is 0.458 e. The summed E-state index contributed by atoms with van der Waals surface area (Å²) < 4.78 is 122. The molecule has 0 aromatic carbocycles. The highest BCUT2D eigenvalue weighted by Crippen LogP contribution is 2.53. The number of hydrogen-bond acceptors (Lipinski definition) is 3. The lowest BCUT2D eigenvalue weighted by molar-refractivity contribution is -0.397. The topological polar surface area (TPSA) is 35.5 Å². The number of carbonyl (C=O) groups excluding carboxylic acids is 1. The predicted molar refractivity (Wildman–Crippen MR) is 62.2 cm³/mol. The van der Waals surface area contributed by atoms with Crippen LogP contribution in [0.2, 0.25) is 0 Å².